The number of piperidine rings is 3. The van der Waals surface area contributed by atoms with Gasteiger partial charge in [-0.25, -0.2) is 8.78 Å². The number of aromatic amines is 1. The number of aromatic nitrogens is 1. The van der Waals surface area contributed by atoms with Crippen LogP contribution in [0, 0.1) is 23.2 Å². The zero-order chi connectivity index (χ0) is 24.9. The molecule has 6 rings (SSSR count). The van der Waals surface area contributed by atoms with Crippen molar-refractivity contribution in [3.8, 4) is 6.07 Å². The predicted octanol–water partition coefficient (Wildman–Crippen LogP) is 3.44. The van der Waals surface area contributed by atoms with E-state index in [1.54, 1.807) is 11.4 Å². The summed E-state index contributed by atoms with van der Waals surface area (Å²) in [4.78, 5) is 43.2. The van der Waals surface area contributed by atoms with Gasteiger partial charge in [0.15, 0.2) is 0 Å². The quantitative estimate of drug-likeness (QED) is 0.556. The number of hydrogen-bond donors (Lipinski definition) is 3. The molecule has 0 unspecified atom stereocenters. The number of hydrogen-bond acceptors (Lipinski definition) is 5. The molecule has 0 aromatic carbocycles. The minimum absolute atomic E-state index is 0.0879. The van der Waals surface area contributed by atoms with Gasteiger partial charge in [0, 0.05) is 30.3 Å². The number of H-pyrrole nitrogens is 1. The topological polar surface area (TPSA) is 118 Å². The first-order valence-corrected chi connectivity index (χ1v) is 12.9. The first-order valence-electron chi connectivity index (χ1n) is 11.6. The highest BCUT2D eigenvalue weighted by Gasteiger charge is 2.60. The molecular weight excluding hydrogens is 500 g/mol. The summed E-state index contributed by atoms with van der Waals surface area (Å²) < 4.78 is 30.6. The average Bonchev–Trinajstić information content (AvgIpc) is 3.40. The molecule has 4 aliphatic rings. The van der Waals surface area contributed by atoms with Crippen LogP contribution in [0.3, 0.4) is 0 Å². The monoisotopic (exact) mass is 523 g/mol. The minimum atomic E-state index is -3.10. The molecule has 12 heteroatoms. The van der Waals surface area contributed by atoms with E-state index in [1.807, 2.05) is 6.07 Å². The van der Waals surface area contributed by atoms with E-state index >= 15 is 0 Å². The van der Waals surface area contributed by atoms with Crippen molar-refractivity contribution < 1.29 is 23.2 Å². The van der Waals surface area contributed by atoms with Gasteiger partial charge in [0.1, 0.15) is 17.8 Å². The highest BCUT2D eigenvalue weighted by atomic mass is 35.5. The molecule has 2 aromatic rings. The molecular formula is C23H24ClF2N5O3S. The van der Waals surface area contributed by atoms with Crippen LogP contribution in [0.1, 0.15) is 49.0 Å². The molecule has 3 saturated heterocycles. The SMILES string of the molecule is N#C[C@H](C[C@H]1CCCNC1=O)NC(=O)[C@@H]1[C@H]2CC[C@H](CC2(F)F)N1C(=O)c1cc2scc(Cl)c2[nH]1. The fourth-order valence-electron chi connectivity index (χ4n) is 5.68. The van der Waals surface area contributed by atoms with Crippen LogP contribution < -0.4 is 10.6 Å². The van der Waals surface area contributed by atoms with Gasteiger partial charge in [-0.15, -0.1) is 11.3 Å². The summed E-state index contributed by atoms with van der Waals surface area (Å²) in [5.41, 5.74) is 0.766. The summed E-state index contributed by atoms with van der Waals surface area (Å²) in [7, 11) is 0. The Balaban J connectivity index is 1.40. The van der Waals surface area contributed by atoms with Crippen molar-refractivity contribution in [2.45, 2.75) is 62.6 Å². The van der Waals surface area contributed by atoms with Crippen LogP contribution in [0.5, 0.6) is 0 Å². The number of rotatable bonds is 5. The molecule has 0 spiro atoms. The summed E-state index contributed by atoms with van der Waals surface area (Å²) in [6, 6.07) is 0.338. The molecule has 0 radical (unpaired) electrons. The van der Waals surface area contributed by atoms with Crippen molar-refractivity contribution in [2.75, 3.05) is 6.54 Å². The molecule has 3 amide bonds. The van der Waals surface area contributed by atoms with E-state index in [-0.39, 0.29) is 24.4 Å². The third kappa shape index (κ3) is 4.27. The first-order chi connectivity index (χ1) is 16.7. The molecule has 3 aliphatic heterocycles. The maximum atomic E-state index is 14.9. The second kappa shape index (κ2) is 9.06. The Kier molecular flexibility index (Phi) is 6.21. The summed E-state index contributed by atoms with van der Waals surface area (Å²) in [6.45, 7) is 0.567. The van der Waals surface area contributed by atoms with Crippen LogP contribution >= 0.6 is 22.9 Å². The van der Waals surface area contributed by atoms with E-state index in [4.69, 9.17) is 11.6 Å². The number of amides is 3. The normalized spacial score (nSPS) is 28.4. The van der Waals surface area contributed by atoms with Crippen molar-refractivity contribution in [2.24, 2.45) is 11.8 Å². The van der Waals surface area contributed by atoms with Gasteiger partial charge >= 0.3 is 0 Å². The Bertz CT molecular complexity index is 1220. The molecule has 3 N–H and O–H groups in total. The lowest BCUT2D eigenvalue weighted by Gasteiger charge is -2.53. The lowest BCUT2D eigenvalue weighted by atomic mass is 9.71. The Morgan fingerprint density at radius 3 is 2.86 bits per heavy atom. The third-order valence-electron chi connectivity index (χ3n) is 7.37. The second-order valence-electron chi connectivity index (χ2n) is 9.52. The molecule has 1 saturated carbocycles. The number of carbonyl (C=O) groups excluding carboxylic acids is 3. The maximum absolute atomic E-state index is 14.9. The van der Waals surface area contributed by atoms with E-state index in [0.717, 1.165) is 11.1 Å². The van der Waals surface area contributed by atoms with Gasteiger partial charge in [0.2, 0.25) is 11.8 Å². The molecule has 5 heterocycles. The zero-order valence-corrected chi connectivity index (χ0v) is 20.2. The number of nitriles is 1. The van der Waals surface area contributed by atoms with Crippen molar-refractivity contribution in [1.29, 1.82) is 5.26 Å². The fourth-order valence-corrected chi connectivity index (χ4v) is 6.83. The molecule has 35 heavy (non-hydrogen) atoms. The third-order valence-corrected chi connectivity index (χ3v) is 8.73. The van der Waals surface area contributed by atoms with Gasteiger partial charge in [-0.05, 0) is 38.2 Å². The smallest absolute Gasteiger partial charge is 0.271 e. The van der Waals surface area contributed by atoms with Crippen molar-refractivity contribution in [1.82, 2.24) is 20.5 Å². The summed E-state index contributed by atoms with van der Waals surface area (Å²) in [6.07, 6.45) is 1.41. The van der Waals surface area contributed by atoms with Crippen LogP contribution in [0.25, 0.3) is 10.2 Å². The fraction of sp³-hybridized carbons (Fsp3) is 0.565. The van der Waals surface area contributed by atoms with Crippen LogP contribution in [0.15, 0.2) is 11.4 Å². The van der Waals surface area contributed by atoms with Gasteiger partial charge in [-0.3, -0.25) is 14.4 Å². The highest BCUT2D eigenvalue weighted by molar-refractivity contribution is 7.17. The van der Waals surface area contributed by atoms with E-state index < -0.39 is 54.1 Å². The van der Waals surface area contributed by atoms with Crippen LogP contribution in [0.2, 0.25) is 5.02 Å². The zero-order valence-electron chi connectivity index (χ0n) is 18.7. The molecule has 5 atom stereocenters. The maximum Gasteiger partial charge on any atom is 0.271 e. The standard InChI is InChI=1S/C23H24ClF2N5O3S/c24-15-10-35-17-7-16(30-18(15)17)22(34)31-13-3-4-14(23(25,26)8-13)19(31)21(33)29-12(9-27)6-11-2-1-5-28-20(11)32/h7,10-14,19,30H,1-6,8H2,(H,28,32)(H,29,33)/t11-,12+,13-,14-,19+/m1/s1. The van der Waals surface area contributed by atoms with Crippen LogP contribution in [-0.4, -0.2) is 58.2 Å². The average molecular weight is 524 g/mol. The van der Waals surface area contributed by atoms with Gasteiger partial charge in [-0.1, -0.05) is 11.6 Å². The first kappa shape index (κ1) is 24.0. The highest BCUT2D eigenvalue weighted by Crippen LogP contribution is 2.49. The van der Waals surface area contributed by atoms with E-state index in [9.17, 15) is 28.4 Å². The summed E-state index contributed by atoms with van der Waals surface area (Å²) >= 11 is 7.50. The van der Waals surface area contributed by atoms with Gasteiger partial charge in [0.05, 0.1) is 27.2 Å². The Morgan fingerprint density at radius 2 is 2.17 bits per heavy atom. The van der Waals surface area contributed by atoms with Crippen LogP contribution in [-0.2, 0) is 9.59 Å². The molecule has 8 nitrogen and oxygen atoms in total. The number of alkyl halides is 2. The predicted molar refractivity (Wildman–Crippen MR) is 125 cm³/mol. The largest absolute Gasteiger partial charge is 0.356 e. The number of thiophene rings is 1. The molecule has 2 bridgehead atoms. The summed E-state index contributed by atoms with van der Waals surface area (Å²) in [5.74, 6) is -6.42. The van der Waals surface area contributed by atoms with Crippen molar-refractivity contribution in [3.05, 3.63) is 22.2 Å². The number of halogens is 3. The number of carbonyl (C=O) groups is 3. The molecule has 186 valence electrons. The number of nitrogens with one attached hydrogen (secondary N) is 3. The number of fused-ring (bicyclic) bond motifs is 4. The minimum Gasteiger partial charge on any atom is -0.356 e. The van der Waals surface area contributed by atoms with E-state index in [2.05, 4.69) is 15.6 Å². The second-order valence-corrected chi connectivity index (χ2v) is 10.8. The Labute approximate surface area is 209 Å². The van der Waals surface area contributed by atoms with Gasteiger partial charge < -0.3 is 20.5 Å². The summed E-state index contributed by atoms with van der Waals surface area (Å²) in [5, 5.41) is 17.1. The van der Waals surface area contributed by atoms with Gasteiger partial charge in [0.25, 0.3) is 11.8 Å². The van der Waals surface area contributed by atoms with E-state index in [0.29, 0.717) is 29.9 Å². The van der Waals surface area contributed by atoms with Gasteiger partial charge in [-0.2, -0.15) is 5.26 Å². The van der Waals surface area contributed by atoms with E-state index in [1.165, 1.54) is 16.2 Å². The lowest BCUT2D eigenvalue weighted by molar-refractivity contribution is -0.179. The Morgan fingerprint density at radius 1 is 1.37 bits per heavy atom. The number of nitrogens with zero attached hydrogens (tertiary/aromatic N) is 2. The molecule has 4 fully saturated rings. The van der Waals surface area contributed by atoms with Crippen LogP contribution in [0.4, 0.5) is 8.78 Å². The lowest BCUT2D eigenvalue weighted by Crippen LogP contribution is -2.68. The molecule has 1 aliphatic carbocycles. The van der Waals surface area contributed by atoms with Crippen molar-refractivity contribution in [3.63, 3.8) is 0 Å². The van der Waals surface area contributed by atoms with Crippen molar-refractivity contribution >= 4 is 50.9 Å². The molecule has 2 aromatic heterocycles. The Hall–Kier alpha value is -2.71.